The van der Waals surface area contributed by atoms with Crippen molar-refractivity contribution in [3.63, 3.8) is 0 Å². The van der Waals surface area contributed by atoms with Crippen LogP contribution in [-0.4, -0.2) is 45.7 Å². The Hall–Kier alpha value is -3.42. The summed E-state index contributed by atoms with van der Waals surface area (Å²) >= 11 is 0. The Kier molecular flexibility index (Phi) is 4.00. The summed E-state index contributed by atoms with van der Waals surface area (Å²) in [6, 6.07) is 5.55. The van der Waals surface area contributed by atoms with Crippen LogP contribution < -0.4 is 5.32 Å². The van der Waals surface area contributed by atoms with E-state index in [4.69, 9.17) is 4.74 Å². The fourth-order valence-electron chi connectivity index (χ4n) is 3.19. The minimum Gasteiger partial charge on any atom is -0.453 e. The van der Waals surface area contributed by atoms with E-state index in [1.807, 2.05) is 18.2 Å². The maximum atomic E-state index is 12.8. The summed E-state index contributed by atoms with van der Waals surface area (Å²) in [4.78, 5) is 30.2. The molecule has 0 bridgehead atoms. The SMILES string of the molecule is COC(=O)N1CCc2c(cncc2C(=O)Nc2ccc3[nH]ncc3c2)C1. The lowest BCUT2D eigenvalue weighted by atomic mass is 9.97. The number of ether oxygens (including phenoxy) is 1. The lowest BCUT2D eigenvalue weighted by Gasteiger charge is -2.28. The largest absolute Gasteiger partial charge is 0.453 e. The van der Waals surface area contributed by atoms with Gasteiger partial charge in [-0.2, -0.15) is 5.10 Å². The molecule has 132 valence electrons. The average molecular weight is 351 g/mol. The molecule has 1 aromatic carbocycles. The quantitative estimate of drug-likeness (QED) is 0.738. The van der Waals surface area contributed by atoms with Crippen LogP contribution >= 0.6 is 0 Å². The molecule has 0 aliphatic carbocycles. The van der Waals surface area contributed by atoms with Crippen LogP contribution in [0.5, 0.6) is 0 Å². The molecule has 3 heterocycles. The number of aromatic nitrogens is 3. The molecule has 0 spiro atoms. The van der Waals surface area contributed by atoms with Crippen molar-refractivity contribution >= 4 is 28.6 Å². The van der Waals surface area contributed by atoms with Crippen LogP contribution in [0.1, 0.15) is 21.5 Å². The Morgan fingerprint density at radius 1 is 1.27 bits per heavy atom. The second kappa shape index (κ2) is 6.47. The van der Waals surface area contributed by atoms with Crippen LogP contribution in [0.15, 0.2) is 36.8 Å². The van der Waals surface area contributed by atoms with E-state index < -0.39 is 0 Å². The van der Waals surface area contributed by atoms with E-state index in [9.17, 15) is 9.59 Å². The van der Waals surface area contributed by atoms with Gasteiger partial charge in [0, 0.05) is 30.0 Å². The fraction of sp³-hybridized carbons (Fsp3) is 0.222. The molecule has 2 aromatic heterocycles. The van der Waals surface area contributed by atoms with Gasteiger partial charge in [0.15, 0.2) is 0 Å². The van der Waals surface area contributed by atoms with Crippen LogP contribution in [0, 0.1) is 0 Å². The van der Waals surface area contributed by atoms with Crippen LogP contribution in [0.2, 0.25) is 0 Å². The van der Waals surface area contributed by atoms with E-state index in [1.165, 1.54) is 7.11 Å². The number of carbonyl (C=O) groups is 2. The van der Waals surface area contributed by atoms with Crippen LogP contribution in [0.4, 0.5) is 10.5 Å². The Bertz CT molecular complexity index is 997. The van der Waals surface area contributed by atoms with Gasteiger partial charge in [0.2, 0.25) is 0 Å². The number of methoxy groups -OCH3 is 1. The first-order valence-electron chi connectivity index (χ1n) is 8.19. The molecular formula is C18H17N5O3. The van der Waals surface area contributed by atoms with Gasteiger partial charge in [-0.1, -0.05) is 0 Å². The molecule has 1 aliphatic heterocycles. The second-order valence-electron chi connectivity index (χ2n) is 6.09. The van der Waals surface area contributed by atoms with Gasteiger partial charge in [-0.3, -0.25) is 14.9 Å². The van der Waals surface area contributed by atoms with E-state index in [-0.39, 0.29) is 12.0 Å². The number of nitrogens with zero attached hydrogens (tertiary/aromatic N) is 3. The van der Waals surface area contributed by atoms with Crippen molar-refractivity contribution in [1.29, 1.82) is 0 Å². The molecule has 0 saturated heterocycles. The number of hydrogen-bond acceptors (Lipinski definition) is 5. The topological polar surface area (TPSA) is 100 Å². The molecule has 0 atom stereocenters. The molecule has 0 unspecified atom stereocenters. The number of anilines is 1. The number of hydrogen-bond donors (Lipinski definition) is 2. The number of nitrogens with one attached hydrogen (secondary N) is 2. The van der Waals surface area contributed by atoms with E-state index >= 15 is 0 Å². The number of rotatable bonds is 2. The molecule has 2 amide bonds. The highest BCUT2D eigenvalue weighted by molar-refractivity contribution is 6.06. The Labute approximate surface area is 149 Å². The summed E-state index contributed by atoms with van der Waals surface area (Å²) in [6.45, 7) is 0.891. The number of pyridine rings is 1. The molecule has 0 radical (unpaired) electrons. The highest BCUT2D eigenvalue weighted by Gasteiger charge is 2.25. The van der Waals surface area contributed by atoms with Crippen molar-refractivity contribution in [2.45, 2.75) is 13.0 Å². The Morgan fingerprint density at radius 3 is 3.00 bits per heavy atom. The van der Waals surface area contributed by atoms with Crippen LogP contribution in [-0.2, 0) is 17.7 Å². The zero-order valence-electron chi connectivity index (χ0n) is 14.2. The average Bonchev–Trinajstić information content (AvgIpc) is 3.14. The first kappa shape index (κ1) is 16.1. The Balaban J connectivity index is 1.58. The molecule has 4 rings (SSSR count). The number of fused-ring (bicyclic) bond motifs is 2. The van der Waals surface area contributed by atoms with E-state index in [0.717, 1.165) is 22.0 Å². The maximum Gasteiger partial charge on any atom is 0.409 e. The summed E-state index contributed by atoms with van der Waals surface area (Å²) in [7, 11) is 1.36. The molecular weight excluding hydrogens is 334 g/mol. The van der Waals surface area contributed by atoms with Gasteiger partial charge < -0.3 is 15.0 Å². The number of H-pyrrole nitrogens is 1. The monoisotopic (exact) mass is 351 g/mol. The van der Waals surface area contributed by atoms with Crippen LogP contribution in [0.3, 0.4) is 0 Å². The number of amides is 2. The van der Waals surface area contributed by atoms with Gasteiger partial charge in [-0.05, 0) is 35.7 Å². The summed E-state index contributed by atoms with van der Waals surface area (Å²) in [5.74, 6) is -0.219. The zero-order chi connectivity index (χ0) is 18.1. The third-order valence-electron chi connectivity index (χ3n) is 4.52. The zero-order valence-corrected chi connectivity index (χ0v) is 14.2. The van der Waals surface area contributed by atoms with E-state index in [0.29, 0.717) is 30.8 Å². The number of benzene rings is 1. The van der Waals surface area contributed by atoms with Crippen molar-refractivity contribution < 1.29 is 14.3 Å². The molecule has 1 aliphatic rings. The summed E-state index contributed by atoms with van der Waals surface area (Å²) in [5.41, 5.74) is 3.90. The minimum absolute atomic E-state index is 0.219. The molecule has 26 heavy (non-hydrogen) atoms. The number of aromatic amines is 1. The smallest absolute Gasteiger partial charge is 0.409 e. The normalized spacial score (nSPS) is 13.3. The highest BCUT2D eigenvalue weighted by atomic mass is 16.5. The fourth-order valence-corrected chi connectivity index (χ4v) is 3.19. The van der Waals surface area contributed by atoms with Crippen molar-refractivity contribution in [1.82, 2.24) is 20.1 Å². The van der Waals surface area contributed by atoms with Gasteiger partial charge in [0.05, 0.1) is 30.9 Å². The van der Waals surface area contributed by atoms with Gasteiger partial charge in [0.25, 0.3) is 5.91 Å². The lowest BCUT2D eigenvalue weighted by molar-refractivity contribution is 0.102. The summed E-state index contributed by atoms with van der Waals surface area (Å²) in [5, 5.41) is 10.7. The summed E-state index contributed by atoms with van der Waals surface area (Å²) in [6.07, 6.45) is 5.17. The Morgan fingerprint density at radius 2 is 2.15 bits per heavy atom. The summed E-state index contributed by atoms with van der Waals surface area (Å²) < 4.78 is 4.77. The maximum absolute atomic E-state index is 12.8. The van der Waals surface area contributed by atoms with Gasteiger partial charge >= 0.3 is 6.09 Å². The first-order chi connectivity index (χ1) is 12.7. The minimum atomic E-state index is -0.376. The van der Waals surface area contributed by atoms with Crippen LogP contribution in [0.25, 0.3) is 10.9 Å². The molecule has 3 aromatic rings. The predicted octanol–water partition coefficient (Wildman–Crippen LogP) is 2.33. The third kappa shape index (κ3) is 2.85. The highest BCUT2D eigenvalue weighted by Crippen LogP contribution is 2.23. The van der Waals surface area contributed by atoms with E-state index in [1.54, 1.807) is 23.5 Å². The first-order valence-corrected chi connectivity index (χ1v) is 8.19. The van der Waals surface area contributed by atoms with E-state index in [2.05, 4.69) is 20.5 Å². The lowest BCUT2D eigenvalue weighted by Crippen LogP contribution is -2.36. The number of carbonyl (C=O) groups excluding carboxylic acids is 2. The van der Waals surface area contributed by atoms with Crippen molar-refractivity contribution in [2.75, 3.05) is 19.0 Å². The van der Waals surface area contributed by atoms with Gasteiger partial charge in [-0.25, -0.2) is 4.79 Å². The van der Waals surface area contributed by atoms with Crippen molar-refractivity contribution in [3.8, 4) is 0 Å². The van der Waals surface area contributed by atoms with Crippen molar-refractivity contribution in [2.24, 2.45) is 0 Å². The predicted molar refractivity (Wildman–Crippen MR) is 94.8 cm³/mol. The van der Waals surface area contributed by atoms with Gasteiger partial charge in [-0.15, -0.1) is 0 Å². The van der Waals surface area contributed by atoms with Crippen molar-refractivity contribution in [3.05, 3.63) is 53.5 Å². The standard InChI is InChI=1S/C18H17N5O3/c1-26-18(25)23-5-4-14-12(10-23)7-19-9-15(14)17(24)21-13-2-3-16-11(6-13)8-20-22-16/h2-3,6-9H,4-5,10H2,1H3,(H,20,22)(H,21,24). The molecule has 8 heteroatoms. The second-order valence-corrected chi connectivity index (χ2v) is 6.09. The molecule has 2 N–H and O–H groups in total. The molecule has 8 nitrogen and oxygen atoms in total. The molecule has 0 fully saturated rings. The third-order valence-corrected chi connectivity index (χ3v) is 4.52. The molecule has 0 saturated carbocycles. The van der Waals surface area contributed by atoms with Gasteiger partial charge in [0.1, 0.15) is 0 Å².